The van der Waals surface area contributed by atoms with Crippen molar-refractivity contribution in [3.8, 4) is 5.75 Å². The number of hydrogen-bond donors (Lipinski definition) is 3. The summed E-state index contributed by atoms with van der Waals surface area (Å²) in [5.74, 6) is -1.54. The fourth-order valence-corrected chi connectivity index (χ4v) is 2.36. The Morgan fingerprint density at radius 3 is 2.43 bits per heavy atom. The number of halogens is 1. The van der Waals surface area contributed by atoms with Crippen molar-refractivity contribution >= 4 is 45.8 Å². The third kappa shape index (κ3) is 4.19. The van der Waals surface area contributed by atoms with E-state index in [9.17, 15) is 14.7 Å². The summed E-state index contributed by atoms with van der Waals surface area (Å²) in [7, 11) is 0. The summed E-state index contributed by atoms with van der Waals surface area (Å²) in [6, 6.07) is 11.5. The van der Waals surface area contributed by atoms with Crippen LogP contribution in [0.2, 0.25) is 0 Å². The first kappa shape index (κ1) is 15.3. The number of hydrogen-bond acceptors (Lipinski definition) is 3. The van der Waals surface area contributed by atoms with E-state index >= 15 is 0 Å². The average Bonchev–Trinajstić information content (AvgIpc) is 2.41. The third-order valence-corrected chi connectivity index (χ3v) is 3.42. The molecule has 0 aliphatic rings. The molecule has 0 unspecified atom stereocenters. The first-order valence-corrected chi connectivity index (χ1v) is 7.21. The molecule has 2 amide bonds. The van der Waals surface area contributed by atoms with Crippen LogP contribution in [0.4, 0.5) is 11.4 Å². The van der Waals surface area contributed by atoms with Gasteiger partial charge in [0.25, 0.3) is 0 Å². The van der Waals surface area contributed by atoms with Gasteiger partial charge in [0.15, 0.2) is 0 Å². The summed E-state index contributed by atoms with van der Waals surface area (Å²) < 4.78 is 1.05. The lowest BCUT2D eigenvalue weighted by atomic mass is 10.2. The van der Waals surface area contributed by atoms with Crippen LogP contribution in [0.5, 0.6) is 5.75 Å². The molecule has 21 heavy (non-hydrogen) atoms. The van der Waals surface area contributed by atoms with Crippen molar-refractivity contribution in [2.75, 3.05) is 10.6 Å². The average molecular weight is 396 g/mol. The van der Waals surface area contributed by atoms with Gasteiger partial charge < -0.3 is 15.7 Å². The van der Waals surface area contributed by atoms with E-state index in [-0.39, 0.29) is 5.75 Å². The number of rotatable bonds is 2. The molecule has 5 nitrogen and oxygen atoms in total. The summed E-state index contributed by atoms with van der Waals surface area (Å²) in [6.45, 7) is 1.85. The molecule has 108 valence electrons. The fraction of sp³-hybridized carbons (Fsp3) is 0.0667. The van der Waals surface area contributed by atoms with Gasteiger partial charge in [0.2, 0.25) is 0 Å². The summed E-state index contributed by atoms with van der Waals surface area (Å²) in [5.41, 5.74) is 1.82. The number of benzene rings is 2. The maximum absolute atomic E-state index is 11.9. The van der Waals surface area contributed by atoms with Crippen molar-refractivity contribution in [1.82, 2.24) is 0 Å². The Morgan fingerprint density at radius 1 is 1.05 bits per heavy atom. The molecule has 3 N–H and O–H groups in total. The molecule has 0 aliphatic carbocycles. The number of phenolic OH excluding ortho intramolecular Hbond substituents is 1. The third-order valence-electron chi connectivity index (χ3n) is 2.75. The first-order valence-electron chi connectivity index (χ1n) is 6.13. The number of aromatic hydroxyl groups is 1. The van der Waals surface area contributed by atoms with Gasteiger partial charge in [0.05, 0.1) is 0 Å². The molecule has 6 heteroatoms. The van der Waals surface area contributed by atoms with Crippen molar-refractivity contribution in [3.63, 3.8) is 0 Å². The Kier molecular flexibility index (Phi) is 4.79. The van der Waals surface area contributed by atoms with Gasteiger partial charge >= 0.3 is 11.8 Å². The summed E-state index contributed by atoms with van der Waals surface area (Å²) >= 11 is 2.17. The number of aryl methyl sites for hydroxylation is 1. The molecule has 2 rings (SSSR count). The molecular formula is C15H13IN2O3. The highest BCUT2D eigenvalue weighted by atomic mass is 127. The summed E-state index contributed by atoms with van der Waals surface area (Å²) in [4.78, 5) is 23.7. The number of amides is 2. The maximum Gasteiger partial charge on any atom is 0.314 e. The SMILES string of the molecule is Cc1cc(I)ccc1NC(=O)C(=O)Nc1cccc(O)c1. The topological polar surface area (TPSA) is 78.4 Å². The van der Waals surface area contributed by atoms with Crippen LogP contribution in [0.25, 0.3) is 0 Å². The second-order valence-electron chi connectivity index (χ2n) is 4.42. The molecular weight excluding hydrogens is 383 g/mol. The van der Waals surface area contributed by atoms with Gasteiger partial charge in [-0.2, -0.15) is 0 Å². The van der Waals surface area contributed by atoms with Gasteiger partial charge in [0.1, 0.15) is 5.75 Å². The smallest absolute Gasteiger partial charge is 0.314 e. The van der Waals surface area contributed by atoms with Crippen LogP contribution in [0.1, 0.15) is 5.56 Å². The Hall–Kier alpha value is -2.09. The molecule has 0 heterocycles. The molecule has 0 radical (unpaired) electrons. The molecule has 0 saturated heterocycles. The van der Waals surface area contributed by atoms with Gasteiger partial charge in [0, 0.05) is 21.0 Å². The normalized spacial score (nSPS) is 10.0. The zero-order valence-corrected chi connectivity index (χ0v) is 13.3. The van der Waals surface area contributed by atoms with E-state index in [1.807, 2.05) is 19.1 Å². The van der Waals surface area contributed by atoms with Crippen LogP contribution in [0, 0.1) is 10.5 Å². The van der Waals surface area contributed by atoms with Crippen LogP contribution in [0.15, 0.2) is 42.5 Å². The molecule has 0 atom stereocenters. The molecule has 2 aromatic rings. The Balaban J connectivity index is 2.04. The molecule has 0 spiro atoms. The lowest BCUT2D eigenvalue weighted by molar-refractivity contribution is -0.133. The zero-order valence-electron chi connectivity index (χ0n) is 11.2. The monoisotopic (exact) mass is 396 g/mol. The van der Waals surface area contributed by atoms with Gasteiger partial charge in [-0.3, -0.25) is 9.59 Å². The molecule has 0 saturated carbocycles. The Bertz CT molecular complexity index is 701. The predicted octanol–water partition coefficient (Wildman–Crippen LogP) is 2.88. The lowest BCUT2D eigenvalue weighted by Crippen LogP contribution is -2.29. The van der Waals surface area contributed by atoms with E-state index < -0.39 is 11.8 Å². The number of phenols is 1. The van der Waals surface area contributed by atoms with E-state index in [1.54, 1.807) is 18.2 Å². The zero-order chi connectivity index (χ0) is 15.4. The quantitative estimate of drug-likeness (QED) is 0.540. The number of carbonyl (C=O) groups is 2. The summed E-state index contributed by atoms with van der Waals surface area (Å²) in [6.07, 6.45) is 0. The second-order valence-corrected chi connectivity index (χ2v) is 5.66. The molecule has 0 aromatic heterocycles. The highest BCUT2D eigenvalue weighted by molar-refractivity contribution is 14.1. The van der Waals surface area contributed by atoms with Crippen LogP contribution < -0.4 is 10.6 Å². The number of carbonyl (C=O) groups excluding carboxylic acids is 2. The van der Waals surface area contributed by atoms with Crippen LogP contribution >= 0.6 is 22.6 Å². The second kappa shape index (κ2) is 6.57. The number of anilines is 2. The number of nitrogens with one attached hydrogen (secondary N) is 2. The van der Waals surface area contributed by atoms with E-state index in [2.05, 4.69) is 33.2 Å². The Labute approximate surface area is 135 Å². The fourth-order valence-electron chi connectivity index (χ4n) is 1.72. The molecule has 2 aromatic carbocycles. The minimum atomic E-state index is -0.793. The minimum absolute atomic E-state index is 0.0155. The lowest BCUT2D eigenvalue weighted by Gasteiger charge is -2.09. The van der Waals surface area contributed by atoms with Crippen LogP contribution in [-0.2, 0) is 9.59 Å². The predicted molar refractivity (Wildman–Crippen MR) is 89.3 cm³/mol. The van der Waals surface area contributed by atoms with E-state index in [4.69, 9.17) is 0 Å². The van der Waals surface area contributed by atoms with Crippen molar-refractivity contribution in [2.24, 2.45) is 0 Å². The minimum Gasteiger partial charge on any atom is -0.508 e. The van der Waals surface area contributed by atoms with Crippen molar-refractivity contribution in [1.29, 1.82) is 0 Å². The molecule has 0 bridgehead atoms. The van der Waals surface area contributed by atoms with Crippen LogP contribution in [0.3, 0.4) is 0 Å². The van der Waals surface area contributed by atoms with Gasteiger partial charge in [-0.25, -0.2) is 0 Å². The standard InChI is InChI=1S/C15H13IN2O3/c1-9-7-10(16)5-6-13(9)18-15(21)14(20)17-11-3-2-4-12(19)8-11/h2-8,19H,1H3,(H,17,20)(H,18,21). The van der Waals surface area contributed by atoms with Crippen molar-refractivity contribution in [2.45, 2.75) is 6.92 Å². The maximum atomic E-state index is 11.9. The molecule has 0 fully saturated rings. The highest BCUT2D eigenvalue weighted by Crippen LogP contribution is 2.18. The first-order chi connectivity index (χ1) is 9.95. The van der Waals surface area contributed by atoms with E-state index in [0.717, 1.165) is 9.13 Å². The Morgan fingerprint density at radius 2 is 1.76 bits per heavy atom. The molecule has 0 aliphatic heterocycles. The summed E-state index contributed by atoms with van der Waals surface area (Å²) in [5, 5.41) is 14.3. The van der Waals surface area contributed by atoms with Crippen molar-refractivity contribution < 1.29 is 14.7 Å². The van der Waals surface area contributed by atoms with Crippen molar-refractivity contribution in [3.05, 3.63) is 51.6 Å². The van der Waals surface area contributed by atoms with Gasteiger partial charge in [-0.15, -0.1) is 0 Å². The van der Waals surface area contributed by atoms with E-state index in [0.29, 0.717) is 11.4 Å². The van der Waals surface area contributed by atoms with Gasteiger partial charge in [-0.1, -0.05) is 6.07 Å². The largest absolute Gasteiger partial charge is 0.508 e. The van der Waals surface area contributed by atoms with E-state index in [1.165, 1.54) is 12.1 Å². The van der Waals surface area contributed by atoms with Gasteiger partial charge in [-0.05, 0) is 65.4 Å². The highest BCUT2D eigenvalue weighted by Gasteiger charge is 2.15. The van der Waals surface area contributed by atoms with Crippen LogP contribution in [-0.4, -0.2) is 16.9 Å².